The number of fused-ring (bicyclic) bond motifs is 3. The lowest BCUT2D eigenvalue weighted by molar-refractivity contribution is 0.624. The number of hydrogen-bond donors (Lipinski definition) is 0. The minimum atomic E-state index is -0.359. The molecular formula is C13H7F2. The number of benzene rings is 2. The largest absolute Gasteiger partial charge is 0.207 e. The quantitative estimate of drug-likeness (QED) is 0.523. The summed E-state index contributed by atoms with van der Waals surface area (Å²) >= 11 is 0. The average molecular weight is 201 g/mol. The number of rotatable bonds is 0. The van der Waals surface area contributed by atoms with Crippen molar-refractivity contribution < 1.29 is 8.78 Å². The van der Waals surface area contributed by atoms with E-state index in [0.717, 1.165) is 22.3 Å². The van der Waals surface area contributed by atoms with Crippen molar-refractivity contribution in [3.05, 3.63) is 59.2 Å². The summed E-state index contributed by atoms with van der Waals surface area (Å²) in [5.74, 6) is -0.607. The van der Waals surface area contributed by atoms with E-state index in [9.17, 15) is 8.78 Å². The minimum absolute atomic E-state index is 0.248. The van der Waals surface area contributed by atoms with Crippen LogP contribution in [-0.4, -0.2) is 0 Å². The van der Waals surface area contributed by atoms with E-state index in [0.29, 0.717) is 6.42 Å². The molecule has 1 aliphatic carbocycles. The Morgan fingerprint density at radius 3 is 2.67 bits per heavy atom. The molecule has 0 atom stereocenters. The van der Waals surface area contributed by atoms with Crippen LogP contribution in [-0.2, 0) is 6.42 Å². The third-order valence-corrected chi connectivity index (χ3v) is 2.72. The highest BCUT2D eigenvalue weighted by Crippen LogP contribution is 2.36. The van der Waals surface area contributed by atoms with Gasteiger partial charge in [0.05, 0.1) is 0 Å². The predicted molar refractivity (Wildman–Crippen MR) is 53.4 cm³/mol. The summed E-state index contributed by atoms with van der Waals surface area (Å²) in [5, 5.41) is 0. The van der Waals surface area contributed by atoms with E-state index in [1.165, 1.54) is 18.2 Å². The third-order valence-electron chi connectivity index (χ3n) is 2.72. The second-order valence-corrected chi connectivity index (χ2v) is 3.68. The van der Waals surface area contributed by atoms with Crippen LogP contribution in [0.2, 0.25) is 0 Å². The highest BCUT2D eigenvalue weighted by molar-refractivity contribution is 5.76. The fraction of sp³-hybridized carbons (Fsp3) is 0.0769. The fourth-order valence-electron chi connectivity index (χ4n) is 2.06. The molecule has 0 saturated carbocycles. The van der Waals surface area contributed by atoms with Gasteiger partial charge < -0.3 is 0 Å². The van der Waals surface area contributed by atoms with E-state index in [2.05, 4.69) is 6.07 Å². The van der Waals surface area contributed by atoms with E-state index >= 15 is 0 Å². The molecule has 2 aromatic rings. The van der Waals surface area contributed by atoms with Gasteiger partial charge in [0.15, 0.2) is 0 Å². The SMILES string of the molecule is Fc1[c]c2c(cc1)-c1ccc(F)cc1C2. The van der Waals surface area contributed by atoms with E-state index < -0.39 is 0 Å². The van der Waals surface area contributed by atoms with E-state index in [1.54, 1.807) is 12.1 Å². The molecule has 0 nitrogen and oxygen atoms in total. The number of hydrogen-bond acceptors (Lipinski definition) is 0. The Labute approximate surface area is 86.2 Å². The van der Waals surface area contributed by atoms with E-state index in [4.69, 9.17) is 0 Å². The molecule has 0 bridgehead atoms. The maximum atomic E-state index is 13.0. The van der Waals surface area contributed by atoms with Gasteiger partial charge in [-0.25, -0.2) is 8.78 Å². The van der Waals surface area contributed by atoms with Gasteiger partial charge in [-0.05, 0) is 46.9 Å². The van der Waals surface area contributed by atoms with Crippen LogP contribution < -0.4 is 0 Å². The van der Waals surface area contributed by atoms with Crippen LogP contribution in [0.4, 0.5) is 8.78 Å². The van der Waals surface area contributed by atoms with Gasteiger partial charge in [-0.2, -0.15) is 0 Å². The zero-order valence-corrected chi connectivity index (χ0v) is 7.85. The predicted octanol–water partition coefficient (Wildman–Crippen LogP) is 3.34. The van der Waals surface area contributed by atoms with Crippen LogP contribution in [0, 0.1) is 17.7 Å². The normalized spacial score (nSPS) is 12.4. The molecule has 0 N–H and O–H groups in total. The Morgan fingerprint density at radius 2 is 1.80 bits per heavy atom. The first-order valence-corrected chi connectivity index (χ1v) is 4.73. The van der Waals surface area contributed by atoms with Gasteiger partial charge in [0.2, 0.25) is 0 Å². The van der Waals surface area contributed by atoms with Gasteiger partial charge in [0.25, 0.3) is 0 Å². The van der Waals surface area contributed by atoms with E-state index in [1.807, 2.05) is 0 Å². The van der Waals surface area contributed by atoms with Gasteiger partial charge in [-0.15, -0.1) is 0 Å². The highest BCUT2D eigenvalue weighted by atomic mass is 19.1. The van der Waals surface area contributed by atoms with Crippen molar-refractivity contribution in [2.75, 3.05) is 0 Å². The topological polar surface area (TPSA) is 0 Å². The van der Waals surface area contributed by atoms with Crippen molar-refractivity contribution in [3.63, 3.8) is 0 Å². The first-order valence-electron chi connectivity index (χ1n) is 4.73. The zero-order chi connectivity index (χ0) is 10.4. The number of halogens is 2. The van der Waals surface area contributed by atoms with Crippen molar-refractivity contribution in [2.24, 2.45) is 0 Å². The summed E-state index contributed by atoms with van der Waals surface area (Å²) in [4.78, 5) is 0. The van der Waals surface area contributed by atoms with Crippen LogP contribution in [0.1, 0.15) is 11.1 Å². The van der Waals surface area contributed by atoms with Crippen LogP contribution in [0.15, 0.2) is 30.3 Å². The summed E-state index contributed by atoms with van der Waals surface area (Å²) in [6.07, 6.45) is 0.570. The second kappa shape index (κ2) is 2.89. The van der Waals surface area contributed by atoms with Crippen molar-refractivity contribution in [1.29, 1.82) is 0 Å². The van der Waals surface area contributed by atoms with Crippen LogP contribution in [0.3, 0.4) is 0 Å². The fourth-order valence-corrected chi connectivity index (χ4v) is 2.06. The maximum absolute atomic E-state index is 13.0. The summed E-state index contributed by atoms with van der Waals surface area (Å²) < 4.78 is 25.9. The van der Waals surface area contributed by atoms with Gasteiger partial charge in [0.1, 0.15) is 11.6 Å². The summed E-state index contributed by atoms with van der Waals surface area (Å²) in [6, 6.07) is 10.4. The van der Waals surface area contributed by atoms with Crippen LogP contribution in [0.25, 0.3) is 11.1 Å². The Bertz CT molecular complexity index is 495. The molecule has 2 heteroatoms. The van der Waals surface area contributed by atoms with Gasteiger partial charge in [-0.1, -0.05) is 12.1 Å². The Hall–Kier alpha value is -1.70. The second-order valence-electron chi connectivity index (χ2n) is 3.68. The molecule has 0 aliphatic heterocycles. The molecule has 73 valence electrons. The Balaban J connectivity index is 2.24. The molecular weight excluding hydrogens is 194 g/mol. The molecule has 3 rings (SSSR count). The summed E-state index contributed by atoms with van der Waals surface area (Å²) in [6.45, 7) is 0. The molecule has 0 unspecified atom stereocenters. The van der Waals surface area contributed by atoms with E-state index in [-0.39, 0.29) is 11.6 Å². The van der Waals surface area contributed by atoms with Crippen LogP contribution in [0.5, 0.6) is 0 Å². The maximum Gasteiger partial charge on any atom is 0.131 e. The van der Waals surface area contributed by atoms with Gasteiger partial charge in [0, 0.05) is 6.07 Å². The van der Waals surface area contributed by atoms with Crippen molar-refractivity contribution in [1.82, 2.24) is 0 Å². The molecule has 0 amide bonds. The molecule has 0 heterocycles. The van der Waals surface area contributed by atoms with Gasteiger partial charge >= 0.3 is 0 Å². The van der Waals surface area contributed by atoms with Crippen molar-refractivity contribution >= 4 is 0 Å². The molecule has 0 spiro atoms. The molecule has 0 aromatic heterocycles. The minimum Gasteiger partial charge on any atom is -0.207 e. The first kappa shape index (κ1) is 8.60. The highest BCUT2D eigenvalue weighted by Gasteiger charge is 2.19. The first-order chi connectivity index (χ1) is 7.24. The smallest absolute Gasteiger partial charge is 0.131 e. The lowest BCUT2D eigenvalue weighted by Gasteiger charge is -1.99. The third kappa shape index (κ3) is 1.25. The molecule has 1 aliphatic rings. The molecule has 2 aromatic carbocycles. The van der Waals surface area contributed by atoms with Crippen molar-refractivity contribution in [3.8, 4) is 11.1 Å². The van der Waals surface area contributed by atoms with Gasteiger partial charge in [-0.3, -0.25) is 0 Å². The Kier molecular flexibility index (Phi) is 1.66. The average Bonchev–Trinajstić information content (AvgIpc) is 2.53. The lowest BCUT2D eigenvalue weighted by atomic mass is 10.1. The monoisotopic (exact) mass is 201 g/mol. The Morgan fingerprint density at radius 1 is 1.00 bits per heavy atom. The lowest BCUT2D eigenvalue weighted by Crippen LogP contribution is -1.83. The van der Waals surface area contributed by atoms with Crippen LogP contribution >= 0.6 is 0 Å². The zero-order valence-electron chi connectivity index (χ0n) is 7.85. The summed E-state index contributed by atoms with van der Waals surface area (Å²) in [5.41, 5.74) is 3.68. The van der Waals surface area contributed by atoms with Crippen molar-refractivity contribution in [2.45, 2.75) is 6.42 Å². The standard InChI is InChI=1S/C13H7F2/c14-10-1-3-12-8(6-10)5-9-7-11(15)2-4-13(9)12/h1-4,6H,5H2. The molecule has 0 saturated heterocycles. The molecule has 15 heavy (non-hydrogen) atoms. The summed E-state index contributed by atoms with van der Waals surface area (Å²) in [7, 11) is 0. The molecule has 1 radical (unpaired) electrons. The molecule has 0 fully saturated rings.